The van der Waals surface area contributed by atoms with E-state index in [0.29, 0.717) is 71.5 Å². The number of ether oxygens (including phenoxy) is 7. The third kappa shape index (κ3) is 19.5. The topological polar surface area (TPSA) is 367 Å². The van der Waals surface area contributed by atoms with Crippen molar-refractivity contribution in [1.82, 2.24) is 58.1 Å². The van der Waals surface area contributed by atoms with Crippen molar-refractivity contribution in [3.05, 3.63) is 343 Å². The van der Waals surface area contributed by atoms with E-state index >= 15 is 0 Å². The maximum Gasteiger partial charge on any atom is 0.267 e. The number of para-hydroxylation sites is 8. The molecule has 139 heavy (non-hydrogen) atoms. The van der Waals surface area contributed by atoms with Crippen LogP contribution in [0.25, 0.3) is 66.4 Å². The Labute approximate surface area is 808 Å². The SMILES string of the molecule is CC.CCl.Nc1ncnc2c1C(=O)N(c1ccc3c(ccn3-c3ccccc3O)c1)CCO2.Nc1ncnc2c1C(=O)N(c1ccc3c(ccn3-c3ccccc3OC3CCCC3)c1)CCO2.Nc1ncnc2c1C(=O)N(c1ccc3c(ccn3-c3ccccc3OCc3ccccc3)c1)CCO2.O=C1c2c(Cl)ncnc2OCCN1c1ccc2c(ccn2-c2ccccc2OCc2ccccc2)c1. The third-order valence-corrected chi connectivity index (χ3v) is 24.2. The summed E-state index contributed by atoms with van der Waals surface area (Å²) in [4.78, 5) is 91.7. The van der Waals surface area contributed by atoms with Gasteiger partial charge in [-0.25, -0.2) is 39.9 Å². The number of fused-ring (bicyclic) bond motifs is 8. The Hall–Kier alpha value is -17.1. The number of aromatic nitrogens is 12. The second kappa shape index (κ2) is 42.2. The highest BCUT2D eigenvalue weighted by molar-refractivity contribution is 6.34. The molecule has 700 valence electrons. The number of nitrogens with zero attached hydrogens (tertiary/aromatic N) is 16. The molecule has 18 aromatic rings. The molecule has 5 aliphatic rings. The third-order valence-electron chi connectivity index (χ3n) is 23.9. The molecule has 4 amide bonds. The van der Waals surface area contributed by atoms with E-state index in [1.807, 2.05) is 274 Å². The monoisotopic (exact) mass is 1900 g/mol. The number of nitrogens with two attached hydrogens (primary N) is 3. The van der Waals surface area contributed by atoms with Gasteiger partial charge in [0.15, 0.2) is 0 Å². The first-order chi connectivity index (χ1) is 68.2. The van der Waals surface area contributed by atoms with E-state index in [1.54, 1.807) is 31.7 Å². The summed E-state index contributed by atoms with van der Waals surface area (Å²) < 4.78 is 49.5. The van der Waals surface area contributed by atoms with Crippen LogP contribution in [0.5, 0.6) is 46.5 Å². The molecule has 31 nitrogen and oxygen atoms in total. The predicted octanol–water partition coefficient (Wildman–Crippen LogP) is 19.3. The molecule has 7 N–H and O–H groups in total. The molecule has 23 rings (SSSR count). The van der Waals surface area contributed by atoms with Gasteiger partial charge in [-0.05, 0) is 182 Å². The van der Waals surface area contributed by atoms with Crippen molar-refractivity contribution in [2.75, 3.05) is 95.8 Å². The van der Waals surface area contributed by atoms with E-state index in [0.717, 1.165) is 125 Å². The maximum atomic E-state index is 13.3. The largest absolute Gasteiger partial charge is 0.506 e. The Morgan fingerprint density at radius 2 is 0.647 bits per heavy atom. The van der Waals surface area contributed by atoms with E-state index in [1.165, 1.54) is 44.5 Å². The minimum atomic E-state index is -0.296. The van der Waals surface area contributed by atoms with Gasteiger partial charge < -0.3 is 93.3 Å². The number of alkyl halides is 1. The lowest BCUT2D eigenvalue weighted by atomic mass is 10.2. The van der Waals surface area contributed by atoms with Crippen LogP contribution in [0.1, 0.15) is 92.1 Å². The van der Waals surface area contributed by atoms with Crippen LogP contribution in [0.2, 0.25) is 5.15 Å². The number of aromatic hydroxyl groups is 1. The number of hydrogen-bond donors (Lipinski definition) is 4. The van der Waals surface area contributed by atoms with Gasteiger partial charge in [-0.3, -0.25) is 19.2 Å². The van der Waals surface area contributed by atoms with Crippen LogP contribution in [-0.2, 0) is 13.2 Å². The number of halogens is 2. The van der Waals surface area contributed by atoms with Gasteiger partial charge in [0.05, 0.1) is 77.1 Å². The summed E-state index contributed by atoms with van der Waals surface area (Å²) in [7, 11) is 0. The van der Waals surface area contributed by atoms with E-state index in [9.17, 15) is 24.3 Å². The molecule has 1 saturated carbocycles. The van der Waals surface area contributed by atoms with Crippen molar-refractivity contribution < 1.29 is 57.4 Å². The van der Waals surface area contributed by atoms with Gasteiger partial charge in [0.1, 0.15) is 133 Å². The number of nitrogen functional groups attached to an aromatic ring is 3. The van der Waals surface area contributed by atoms with Crippen LogP contribution in [-0.4, -0.2) is 152 Å². The standard InChI is InChI=1S/C28H21ClN4O3.C28H23N5O3.C26H25N5O3.C21H17N5O3.C2H6.CH3Cl/c2*29-26-25-27(31-18-30-26)35-15-14-32(28(25)34)21-10-11-22-20(16-21)12-13-33(22)23-8-4-5-9-24(23)36-17-19-6-2-1-3-7-19;27-24-23-25(29-16-28-24)33-14-13-30(26(23)32)18-9-10-20-17(15-18)11-12-31(20)21-7-3-4-8-22(21)34-19-5-1-2-6-19;22-19-18-20(24-12-23-19)29-10-9-25(21(18)28)14-5-6-15-13(11-14)7-8-26(15)16-3-1-2-4-17(16)27;2*1-2/h1-13,16,18H,14-15,17H2;1-13,16,18H,14-15,17H2,(H2,29,30,31);3-4,7-12,15-16,19H,1-2,5-6,13-14H2,(H2,27,28,29);1-8,11-12,27H,9-10H2,(H2,22,23,24);1-2H3;1H3. The molecule has 0 bridgehead atoms. The predicted molar refractivity (Wildman–Crippen MR) is 537 cm³/mol. The zero-order chi connectivity index (χ0) is 96.0. The second-order valence-corrected chi connectivity index (χ2v) is 32.4. The zero-order valence-electron chi connectivity index (χ0n) is 75.9. The smallest absolute Gasteiger partial charge is 0.267 e. The van der Waals surface area contributed by atoms with Crippen LogP contribution < -0.4 is 70.0 Å². The highest BCUT2D eigenvalue weighted by atomic mass is 35.5. The molecule has 0 saturated heterocycles. The van der Waals surface area contributed by atoms with Gasteiger partial charge in [-0.15, -0.1) is 11.6 Å². The van der Waals surface area contributed by atoms with Crippen molar-refractivity contribution in [1.29, 1.82) is 0 Å². The Morgan fingerprint density at radius 3 is 1.01 bits per heavy atom. The summed E-state index contributed by atoms with van der Waals surface area (Å²) in [6.45, 7) is 7.68. The first kappa shape index (κ1) is 92.4. The van der Waals surface area contributed by atoms with E-state index < -0.39 is 0 Å². The number of hydrogen-bond acceptors (Lipinski definition) is 23. The quantitative estimate of drug-likeness (QED) is 0.0515. The molecular formula is C106H95Cl2N19O12. The lowest BCUT2D eigenvalue weighted by Gasteiger charge is -2.21. The summed E-state index contributed by atoms with van der Waals surface area (Å²) in [5.41, 5.74) is 31.3. The molecule has 0 radical (unpaired) electrons. The van der Waals surface area contributed by atoms with Gasteiger partial charge >= 0.3 is 0 Å². The molecule has 0 atom stereocenters. The van der Waals surface area contributed by atoms with Crippen LogP contribution in [0.3, 0.4) is 0 Å². The van der Waals surface area contributed by atoms with Crippen molar-refractivity contribution in [2.45, 2.75) is 58.8 Å². The van der Waals surface area contributed by atoms with Crippen LogP contribution in [0, 0.1) is 0 Å². The van der Waals surface area contributed by atoms with E-state index in [2.05, 4.69) is 77.3 Å². The summed E-state index contributed by atoms with van der Waals surface area (Å²) in [6, 6.07) is 82.9. The highest BCUT2D eigenvalue weighted by Gasteiger charge is 2.35. The van der Waals surface area contributed by atoms with Crippen LogP contribution in [0.4, 0.5) is 40.2 Å². The van der Waals surface area contributed by atoms with E-state index in [4.69, 9.17) is 62.0 Å². The summed E-state index contributed by atoms with van der Waals surface area (Å²) in [5, 5.41) is 14.2. The Bertz CT molecular complexity index is 7290. The van der Waals surface area contributed by atoms with Crippen LogP contribution >= 0.6 is 23.2 Å². The lowest BCUT2D eigenvalue weighted by molar-refractivity contribution is 0.0981. The Kier molecular flexibility index (Phi) is 28.1. The first-order valence-corrected chi connectivity index (χ1v) is 46.3. The molecule has 1 aliphatic carbocycles. The molecule has 4 aliphatic heterocycles. The molecule has 8 aromatic heterocycles. The van der Waals surface area contributed by atoms with Crippen molar-refractivity contribution in [3.63, 3.8) is 0 Å². The highest BCUT2D eigenvalue weighted by Crippen LogP contribution is 2.41. The minimum absolute atomic E-state index is 0.0799. The van der Waals surface area contributed by atoms with Crippen molar-refractivity contribution in [2.24, 2.45) is 0 Å². The molecule has 33 heteroatoms. The number of benzene rings is 10. The number of rotatable bonds is 16. The van der Waals surface area contributed by atoms with Crippen molar-refractivity contribution in [3.8, 4) is 69.3 Å². The fourth-order valence-electron chi connectivity index (χ4n) is 17.3. The summed E-state index contributed by atoms with van der Waals surface area (Å²) in [6.07, 6.45) is 19.5. The summed E-state index contributed by atoms with van der Waals surface area (Å²) in [5.74, 6) is 2.72. The van der Waals surface area contributed by atoms with Gasteiger partial charge in [0.2, 0.25) is 23.5 Å². The number of phenols is 1. The molecule has 1 fully saturated rings. The van der Waals surface area contributed by atoms with Gasteiger partial charge in [-0.1, -0.05) is 135 Å². The normalized spacial score (nSPS) is 13.8. The van der Waals surface area contributed by atoms with Gasteiger partial charge in [0, 0.05) is 75.5 Å². The average Bonchev–Trinajstić information content (AvgIpc) is 1.65. The van der Waals surface area contributed by atoms with Gasteiger partial charge in [0.25, 0.3) is 23.6 Å². The molecule has 10 aromatic carbocycles. The van der Waals surface area contributed by atoms with Crippen LogP contribution in [0.15, 0.2) is 305 Å². The maximum absolute atomic E-state index is 13.3. The lowest BCUT2D eigenvalue weighted by Crippen LogP contribution is -2.32. The zero-order valence-corrected chi connectivity index (χ0v) is 77.4. The van der Waals surface area contributed by atoms with E-state index in [-0.39, 0.29) is 104 Å². The molecule has 0 spiro atoms. The fraction of sp³-hybridized carbons (Fsp3) is 0.170. The molecular weight excluding hydrogens is 1800 g/mol. The number of carbonyl (C=O) groups excluding carboxylic acids is 4. The molecule has 12 heterocycles. The number of amides is 4. The number of phenolic OH excluding ortho intramolecular Hbond substituents is 1. The number of anilines is 7. The Morgan fingerprint density at radius 1 is 0.353 bits per heavy atom. The van der Waals surface area contributed by atoms with Gasteiger partial charge in [-0.2, -0.15) is 0 Å². The average molecular weight is 1900 g/mol. The molecule has 0 unspecified atom stereocenters. The first-order valence-electron chi connectivity index (χ1n) is 45.2. The minimum Gasteiger partial charge on any atom is -0.506 e. The summed E-state index contributed by atoms with van der Waals surface area (Å²) >= 11 is 10.9. The second-order valence-electron chi connectivity index (χ2n) is 32.1. The fourth-order valence-corrected chi connectivity index (χ4v) is 17.5. The van der Waals surface area contributed by atoms with Crippen molar-refractivity contribution >= 4 is 131 Å². The Balaban J connectivity index is 0.000000122. The number of carbonyl (C=O) groups is 4.